The van der Waals surface area contributed by atoms with Crippen LogP contribution in [-0.2, 0) is 17.8 Å². The van der Waals surface area contributed by atoms with Gasteiger partial charge in [-0.25, -0.2) is 9.78 Å². The molecule has 2 aromatic heterocycles. The van der Waals surface area contributed by atoms with E-state index in [0.717, 1.165) is 11.3 Å². The van der Waals surface area contributed by atoms with Crippen LogP contribution in [0.3, 0.4) is 0 Å². The van der Waals surface area contributed by atoms with Gasteiger partial charge in [-0.2, -0.15) is 0 Å². The van der Waals surface area contributed by atoms with Gasteiger partial charge in [0, 0.05) is 31.5 Å². The monoisotopic (exact) mass is 287 g/mol. The zero-order valence-electron chi connectivity index (χ0n) is 12.0. The van der Waals surface area contributed by atoms with E-state index in [9.17, 15) is 4.79 Å². The molecule has 21 heavy (non-hydrogen) atoms. The number of pyridine rings is 2. The van der Waals surface area contributed by atoms with E-state index < -0.39 is 0 Å². The van der Waals surface area contributed by atoms with Gasteiger partial charge >= 0.3 is 5.97 Å². The molecule has 0 saturated carbocycles. The summed E-state index contributed by atoms with van der Waals surface area (Å²) in [4.78, 5) is 19.6. The summed E-state index contributed by atoms with van der Waals surface area (Å²) >= 11 is 0. The number of carbonyl (C=O) groups is 1. The van der Waals surface area contributed by atoms with Crippen LogP contribution in [0.4, 0.5) is 0 Å². The second kappa shape index (κ2) is 7.35. The molecule has 2 rings (SSSR count). The van der Waals surface area contributed by atoms with Crippen LogP contribution in [0.1, 0.15) is 21.6 Å². The van der Waals surface area contributed by atoms with E-state index in [4.69, 9.17) is 4.74 Å². The van der Waals surface area contributed by atoms with Crippen LogP contribution >= 0.6 is 0 Å². The minimum Gasteiger partial charge on any atom is -0.481 e. The number of carbonyl (C=O) groups excluding carboxylic acids is 1. The standard InChI is InChI=1S/C15H17N3O3/c1-20-14-6-3-11(8-18-14)7-16-10-13-5-4-12(9-17-13)15(19)21-2/h3-6,8-9,16H,7,10H2,1-2H3. The first kappa shape index (κ1) is 14.9. The van der Waals surface area contributed by atoms with Crippen molar-refractivity contribution < 1.29 is 14.3 Å². The molecule has 0 atom stereocenters. The molecule has 0 saturated heterocycles. The summed E-state index contributed by atoms with van der Waals surface area (Å²) in [5, 5.41) is 3.26. The lowest BCUT2D eigenvalue weighted by Crippen LogP contribution is -2.14. The van der Waals surface area contributed by atoms with Crippen LogP contribution in [0.5, 0.6) is 5.88 Å². The Morgan fingerprint density at radius 1 is 1.10 bits per heavy atom. The molecule has 0 fully saturated rings. The van der Waals surface area contributed by atoms with Crippen molar-refractivity contribution in [1.29, 1.82) is 0 Å². The maximum absolute atomic E-state index is 11.3. The molecule has 0 aromatic carbocycles. The molecule has 0 radical (unpaired) electrons. The van der Waals surface area contributed by atoms with Gasteiger partial charge in [0.15, 0.2) is 0 Å². The highest BCUT2D eigenvalue weighted by molar-refractivity contribution is 5.88. The third-order valence-corrected chi connectivity index (χ3v) is 2.89. The van der Waals surface area contributed by atoms with Crippen molar-refractivity contribution in [3.8, 4) is 5.88 Å². The van der Waals surface area contributed by atoms with E-state index in [-0.39, 0.29) is 5.97 Å². The van der Waals surface area contributed by atoms with E-state index in [1.54, 1.807) is 25.4 Å². The number of hydrogen-bond acceptors (Lipinski definition) is 6. The van der Waals surface area contributed by atoms with Gasteiger partial charge in [0.25, 0.3) is 0 Å². The molecule has 0 amide bonds. The highest BCUT2D eigenvalue weighted by atomic mass is 16.5. The fourth-order valence-corrected chi connectivity index (χ4v) is 1.74. The number of methoxy groups -OCH3 is 2. The number of hydrogen-bond donors (Lipinski definition) is 1. The molecule has 6 nitrogen and oxygen atoms in total. The van der Waals surface area contributed by atoms with Gasteiger partial charge in [-0.1, -0.05) is 6.07 Å². The summed E-state index contributed by atoms with van der Waals surface area (Å²) in [6.07, 6.45) is 3.28. The lowest BCUT2D eigenvalue weighted by atomic mass is 10.2. The van der Waals surface area contributed by atoms with Crippen LogP contribution in [0, 0.1) is 0 Å². The van der Waals surface area contributed by atoms with Gasteiger partial charge in [0.1, 0.15) is 0 Å². The largest absolute Gasteiger partial charge is 0.481 e. The number of aromatic nitrogens is 2. The van der Waals surface area contributed by atoms with Crippen LogP contribution in [-0.4, -0.2) is 30.2 Å². The summed E-state index contributed by atoms with van der Waals surface area (Å²) in [6, 6.07) is 7.27. The van der Waals surface area contributed by atoms with E-state index in [0.29, 0.717) is 24.5 Å². The summed E-state index contributed by atoms with van der Waals surface area (Å²) in [5.41, 5.74) is 2.35. The van der Waals surface area contributed by atoms with Crippen molar-refractivity contribution in [2.75, 3.05) is 14.2 Å². The second-order valence-corrected chi connectivity index (χ2v) is 4.34. The average Bonchev–Trinajstić information content (AvgIpc) is 2.55. The molecule has 2 aromatic rings. The minimum absolute atomic E-state index is 0.383. The first-order valence-electron chi connectivity index (χ1n) is 6.46. The zero-order valence-corrected chi connectivity index (χ0v) is 12.0. The number of nitrogens with one attached hydrogen (secondary N) is 1. The second-order valence-electron chi connectivity index (χ2n) is 4.34. The molecule has 0 unspecified atom stereocenters. The molecule has 0 aliphatic rings. The third kappa shape index (κ3) is 4.25. The van der Waals surface area contributed by atoms with Gasteiger partial charge in [-0.15, -0.1) is 0 Å². The van der Waals surface area contributed by atoms with Gasteiger partial charge in [0.05, 0.1) is 25.5 Å². The Morgan fingerprint density at radius 2 is 1.95 bits per heavy atom. The van der Waals surface area contributed by atoms with Gasteiger partial charge in [0.2, 0.25) is 5.88 Å². The number of nitrogens with zero attached hydrogens (tertiary/aromatic N) is 2. The van der Waals surface area contributed by atoms with Gasteiger partial charge in [-0.05, 0) is 17.7 Å². The summed E-state index contributed by atoms with van der Waals surface area (Å²) in [7, 11) is 2.94. The van der Waals surface area contributed by atoms with Crippen molar-refractivity contribution >= 4 is 5.97 Å². The molecule has 2 heterocycles. The fourth-order valence-electron chi connectivity index (χ4n) is 1.74. The number of rotatable bonds is 6. The molecule has 0 aliphatic carbocycles. The Bertz CT molecular complexity index is 582. The Labute approximate surface area is 123 Å². The molecular formula is C15H17N3O3. The smallest absolute Gasteiger partial charge is 0.339 e. The topological polar surface area (TPSA) is 73.3 Å². The van der Waals surface area contributed by atoms with Crippen LogP contribution < -0.4 is 10.1 Å². The van der Waals surface area contributed by atoms with Crippen LogP contribution in [0.25, 0.3) is 0 Å². The molecule has 110 valence electrons. The van der Waals surface area contributed by atoms with Crippen molar-refractivity contribution in [1.82, 2.24) is 15.3 Å². The van der Waals surface area contributed by atoms with Gasteiger partial charge in [-0.3, -0.25) is 4.98 Å². The fraction of sp³-hybridized carbons (Fsp3) is 0.267. The van der Waals surface area contributed by atoms with Crippen LogP contribution in [0.15, 0.2) is 36.7 Å². The Kier molecular flexibility index (Phi) is 5.22. The Balaban J connectivity index is 1.83. The van der Waals surface area contributed by atoms with E-state index in [2.05, 4.69) is 20.0 Å². The molecular weight excluding hydrogens is 270 g/mol. The average molecular weight is 287 g/mol. The van der Waals surface area contributed by atoms with Crippen molar-refractivity contribution in [2.24, 2.45) is 0 Å². The van der Waals surface area contributed by atoms with E-state index in [1.807, 2.05) is 12.1 Å². The first-order valence-corrected chi connectivity index (χ1v) is 6.46. The van der Waals surface area contributed by atoms with E-state index in [1.165, 1.54) is 13.3 Å². The quantitative estimate of drug-likeness (QED) is 0.813. The van der Waals surface area contributed by atoms with Crippen molar-refractivity contribution in [2.45, 2.75) is 13.1 Å². The van der Waals surface area contributed by atoms with Gasteiger partial charge < -0.3 is 14.8 Å². The highest BCUT2D eigenvalue weighted by Crippen LogP contribution is 2.07. The molecule has 1 N–H and O–H groups in total. The van der Waals surface area contributed by atoms with E-state index >= 15 is 0 Å². The van der Waals surface area contributed by atoms with Crippen molar-refractivity contribution in [3.05, 3.63) is 53.5 Å². The maximum Gasteiger partial charge on any atom is 0.339 e. The Morgan fingerprint density at radius 3 is 2.52 bits per heavy atom. The SMILES string of the molecule is COC(=O)c1ccc(CNCc2ccc(OC)nc2)nc1. The summed E-state index contributed by atoms with van der Waals surface area (Å²) in [6.45, 7) is 1.28. The minimum atomic E-state index is -0.383. The highest BCUT2D eigenvalue weighted by Gasteiger charge is 2.05. The number of ether oxygens (including phenoxy) is 2. The zero-order chi connectivity index (χ0) is 15.1. The maximum atomic E-state index is 11.3. The molecule has 6 heteroatoms. The summed E-state index contributed by atoms with van der Waals surface area (Å²) < 4.78 is 9.63. The first-order chi connectivity index (χ1) is 10.2. The lowest BCUT2D eigenvalue weighted by molar-refractivity contribution is 0.0600. The normalized spacial score (nSPS) is 10.2. The summed E-state index contributed by atoms with van der Waals surface area (Å²) in [5.74, 6) is 0.213. The van der Waals surface area contributed by atoms with Crippen molar-refractivity contribution in [3.63, 3.8) is 0 Å². The third-order valence-electron chi connectivity index (χ3n) is 2.89. The molecule has 0 aliphatic heterocycles. The van der Waals surface area contributed by atoms with Crippen LogP contribution in [0.2, 0.25) is 0 Å². The lowest BCUT2D eigenvalue weighted by Gasteiger charge is -2.06. The molecule has 0 spiro atoms. The Hall–Kier alpha value is -2.47. The molecule has 0 bridgehead atoms. The number of esters is 1. The predicted molar refractivity (Wildman–Crippen MR) is 76.9 cm³/mol. The predicted octanol–water partition coefficient (Wildman–Crippen LogP) is 1.56.